The highest BCUT2D eigenvalue weighted by molar-refractivity contribution is 5.70. The van der Waals surface area contributed by atoms with Crippen molar-refractivity contribution in [2.24, 2.45) is 22.6 Å². The molecule has 6 N–H and O–H groups in total. The van der Waals surface area contributed by atoms with Crippen LogP contribution in [0.1, 0.15) is 65.7 Å². The Morgan fingerprint density at radius 2 is 0.756 bits per heavy atom. The number of hydrogen-bond donors (Lipinski definition) is 3. The van der Waals surface area contributed by atoms with E-state index < -0.39 is 34.9 Å². The van der Waals surface area contributed by atoms with Gasteiger partial charge in [-0.05, 0) is 59.7 Å². The third kappa shape index (κ3) is 26.5. The van der Waals surface area contributed by atoms with Crippen LogP contribution in [0.4, 0.5) is 0 Å². The van der Waals surface area contributed by atoms with Gasteiger partial charge in [0, 0.05) is 0 Å². The summed E-state index contributed by atoms with van der Waals surface area (Å²) >= 11 is 0. The Balaban J connectivity index is 5.35. The molecule has 15 heteroatoms. The van der Waals surface area contributed by atoms with Crippen molar-refractivity contribution in [2.75, 3.05) is 92.3 Å². The van der Waals surface area contributed by atoms with Crippen molar-refractivity contribution in [3.63, 3.8) is 0 Å². The van der Waals surface area contributed by atoms with E-state index in [-0.39, 0.29) is 98.4 Å². The van der Waals surface area contributed by atoms with Gasteiger partial charge in [-0.25, -0.2) is 0 Å². The maximum Gasteiger partial charge on any atom is 0.308 e. The molecule has 15 nitrogen and oxygen atoms in total. The Hall–Kier alpha value is -2.40. The molecular weight excluding hydrogens is 594 g/mol. The fraction of sp³-hybridized carbons (Fsp3) is 0.867. The average Bonchev–Trinajstić information content (AvgIpc) is 2.97. The first-order valence-electron chi connectivity index (χ1n) is 15.6. The van der Waals surface area contributed by atoms with Crippen molar-refractivity contribution in [2.45, 2.75) is 71.3 Å². The van der Waals surface area contributed by atoms with Crippen molar-refractivity contribution in [1.82, 2.24) is 0 Å². The quantitative estimate of drug-likeness (QED) is 0.0573. The predicted octanol–water partition coefficient (Wildman–Crippen LogP) is 0.617. The number of rotatable bonds is 29. The molecule has 0 aliphatic rings. The van der Waals surface area contributed by atoms with Gasteiger partial charge >= 0.3 is 23.9 Å². The Kier molecular flexibility index (Phi) is 25.4. The van der Waals surface area contributed by atoms with Gasteiger partial charge in [-0.2, -0.15) is 0 Å². The Morgan fingerprint density at radius 1 is 0.467 bits per heavy atom. The lowest BCUT2D eigenvalue weighted by atomic mass is 9.92. The zero-order valence-corrected chi connectivity index (χ0v) is 27.5. The second-order valence-corrected chi connectivity index (χ2v) is 11.4. The van der Waals surface area contributed by atoms with E-state index in [0.29, 0.717) is 38.9 Å². The summed E-state index contributed by atoms with van der Waals surface area (Å²) < 4.78 is 44.0. The molecule has 0 aromatic rings. The summed E-state index contributed by atoms with van der Waals surface area (Å²) in [5.41, 5.74) is 14.7. The lowest BCUT2D eigenvalue weighted by Crippen LogP contribution is -2.42. The van der Waals surface area contributed by atoms with Crippen LogP contribution in [-0.2, 0) is 57.1 Å². The number of ether oxygens (including phenoxy) is 8. The predicted molar refractivity (Wildman–Crippen MR) is 164 cm³/mol. The maximum atomic E-state index is 12.2. The molecule has 45 heavy (non-hydrogen) atoms. The molecule has 0 heterocycles. The lowest BCUT2D eigenvalue weighted by molar-refractivity contribution is -0.157. The van der Waals surface area contributed by atoms with E-state index in [1.807, 2.05) is 0 Å². The van der Waals surface area contributed by atoms with Crippen LogP contribution in [0.3, 0.4) is 0 Å². The van der Waals surface area contributed by atoms with Gasteiger partial charge in [-0.15, -0.1) is 0 Å². The normalized spacial score (nSPS) is 11.7. The van der Waals surface area contributed by atoms with Gasteiger partial charge < -0.3 is 55.1 Å². The molecule has 0 radical (unpaired) electrons. The van der Waals surface area contributed by atoms with Crippen LogP contribution >= 0.6 is 0 Å². The second kappa shape index (κ2) is 26.8. The molecule has 0 aliphatic heterocycles. The molecule has 0 saturated carbocycles. The molecule has 0 unspecified atom stereocenters. The molecule has 0 atom stereocenters. The summed E-state index contributed by atoms with van der Waals surface area (Å²) in [5, 5.41) is 0. The molecule has 0 aromatic heterocycles. The van der Waals surface area contributed by atoms with E-state index >= 15 is 0 Å². The Labute approximate surface area is 267 Å². The maximum absolute atomic E-state index is 12.2. The van der Waals surface area contributed by atoms with E-state index in [2.05, 4.69) is 0 Å². The minimum Gasteiger partial charge on any atom is -0.466 e. The summed E-state index contributed by atoms with van der Waals surface area (Å²) in [7, 11) is 0. The zero-order valence-electron chi connectivity index (χ0n) is 27.5. The van der Waals surface area contributed by atoms with E-state index in [9.17, 15) is 19.2 Å². The van der Waals surface area contributed by atoms with Crippen LogP contribution < -0.4 is 17.2 Å². The number of carbonyl (C=O) groups excluding carboxylic acids is 4. The van der Waals surface area contributed by atoms with Crippen molar-refractivity contribution < 1.29 is 57.1 Å². The zero-order chi connectivity index (χ0) is 33.8. The van der Waals surface area contributed by atoms with Gasteiger partial charge in [-0.1, -0.05) is 0 Å². The molecular formula is C30H57N3O12. The van der Waals surface area contributed by atoms with Crippen LogP contribution in [0.15, 0.2) is 0 Å². The number of carbonyl (C=O) groups is 4. The van der Waals surface area contributed by atoms with Crippen LogP contribution in [0.5, 0.6) is 0 Å². The molecule has 0 aliphatic carbocycles. The lowest BCUT2D eigenvalue weighted by Gasteiger charge is -2.33. The molecule has 264 valence electrons. The molecule has 0 saturated heterocycles. The van der Waals surface area contributed by atoms with Gasteiger partial charge in [0.25, 0.3) is 0 Å². The monoisotopic (exact) mass is 651 g/mol. The first-order chi connectivity index (χ1) is 21.5. The van der Waals surface area contributed by atoms with Crippen LogP contribution in [0.25, 0.3) is 0 Å². The number of hydrogen-bond acceptors (Lipinski definition) is 15. The van der Waals surface area contributed by atoms with E-state index in [1.165, 1.54) is 0 Å². The third-order valence-electron chi connectivity index (χ3n) is 5.69. The summed E-state index contributed by atoms with van der Waals surface area (Å²) in [6, 6.07) is 0. The van der Waals surface area contributed by atoms with Crippen molar-refractivity contribution >= 4 is 23.9 Å². The highest BCUT2D eigenvalue weighted by Gasteiger charge is 2.33. The van der Waals surface area contributed by atoms with Gasteiger partial charge in [-0.3, -0.25) is 19.2 Å². The summed E-state index contributed by atoms with van der Waals surface area (Å²) in [6.07, 6.45) is 1.76. The minimum atomic E-state index is -0.926. The number of nitrogens with two attached hydrogens (primary N) is 3. The van der Waals surface area contributed by atoms with E-state index in [1.54, 1.807) is 20.8 Å². The summed E-state index contributed by atoms with van der Waals surface area (Å²) in [6.45, 7) is 7.66. The molecule has 0 aromatic carbocycles. The highest BCUT2D eigenvalue weighted by atomic mass is 16.6. The fourth-order valence-electron chi connectivity index (χ4n) is 3.44. The van der Waals surface area contributed by atoms with Crippen molar-refractivity contribution in [3.8, 4) is 0 Å². The van der Waals surface area contributed by atoms with Crippen molar-refractivity contribution in [1.29, 1.82) is 0 Å². The highest BCUT2D eigenvalue weighted by Crippen LogP contribution is 2.22. The molecule has 0 bridgehead atoms. The Morgan fingerprint density at radius 3 is 1.02 bits per heavy atom. The summed E-state index contributed by atoms with van der Waals surface area (Å²) in [4.78, 5) is 48.1. The topological polar surface area (TPSA) is 220 Å². The smallest absolute Gasteiger partial charge is 0.308 e. The van der Waals surface area contributed by atoms with Gasteiger partial charge in [0.05, 0.1) is 104 Å². The van der Waals surface area contributed by atoms with Crippen LogP contribution in [-0.4, -0.2) is 122 Å². The van der Waals surface area contributed by atoms with Gasteiger partial charge in [0.15, 0.2) is 0 Å². The summed E-state index contributed by atoms with van der Waals surface area (Å²) in [5.74, 6) is -1.67. The molecule has 0 spiro atoms. The minimum absolute atomic E-state index is 0.0190. The second-order valence-electron chi connectivity index (χ2n) is 11.4. The fourth-order valence-corrected chi connectivity index (χ4v) is 3.44. The van der Waals surface area contributed by atoms with Crippen LogP contribution in [0.2, 0.25) is 0 Å². The SMILES string of the molecule is CC(C)(C)OC(=O)CCOCC(COCCC(=O)OCCCN)(COCCC(=O)OCCCN)COCCC(=O)OCCCN. The molecule has 0 amide bonds. The first kappa shape index (κ1) is 42.6. The van der Waals surface area contributed by atoms with Crippen LogP contribution in [0, 0.1) is 5.41 Å². The molecule has 0 fully saturated rings. The van der Waals surface area contributed by atoms with Gasteiger partial charge in [0.2, 0.25) is 0 Å². The first-order valence-corrected chi connectivity index (χ1v) is 15.6. The standard InChI is InChI=1S/C30H57N3O12/c1-29(2,3)45-28(37)10-20-41-24-30(21-38-17-7-25(34)42-14-4-11-31,22-39-18-8-26(35)43-15-5-12-32)23-40-19-9-27(36)44-16-6-13-33/h4-24,31-33H2,1-3H3. The largest absolute Gasteiger partial charge is 0.466 e. The van der Waals surface area contributed by atoms with Crippen molar-refractivity contribution in [3.05, 3.63) is 0 Å². The number of esters is 4. The molecule has 0 rings (SSSR count). The van der Waals surface area contributed by atoms with E-state index in [4.69, 9.17) is 55.1 Å². The van der Waals surface area contributed by atoms with E-state index in [0.717, 1.165) is 0 Å². The third-order valence-corrected chi connectivity index (χ3v) is 5.69. The van der Waals surface area contributed by atoms with Gasteiger partial charge in [0.1, 0.15) is 5.60 Å². The average molecular weight is 652 g/mol. The Bertz CT molecular complexity index is 733.